The van der Waals surface area contributed by atoms with Gasteiger partial charge in [0.2, 0.25) is 11.8 Å². The van der Waals surface area contributed by atoms with Gasteiger partial charge in [-0.3, -0.25) is 10.1 Å². The molecule has 1 aromatic carbocycles. The summed E-state index contributed by atoms with van der Waals surface area (Å²) in [5.74, 6) is -0.00590. The third-order valence-corrected chi connectivity index (χ3v) is 3.14. The maximum atomic E-state index is 12.1. The molecule has 1 aromatic heterocycles. The Hall–Kier alpha value is -1.85. The molecular weight excluding hydrogens is 301 g/mol. The summed E-state index contributed by atoms with van der Waals surface area (Å²) in [6, 6.07) is 6.40. The van der Waals surface area contributed by atoms with E-state index >= 15 is 0 Å². The van der Waals surface area contributed by atoms with Crippen LogP contribution >= 0.6 is 23.2 Å². The van der Waals surface area contributed by atoms with E-state index in [-0.39, 0.29) is 22.9 Å². The summed E-state index contributed by atoms with van der Waals surface area (Å²) in [7, 11) is 1.45. The summed E-state index contributed by atoms with van der Waals surface area (Å²) in [6.07, 6.45) is 0. The molecule has 104 valence electrons. The normalized spacial score (nSPS) is 10.2. The highest BCUT2D eigenvalue weighted by atomic mass is 35.5. The Morgan fingerprint density at radius 2 is 2.00 bits per heavy atom. The predicted octanol–water partition coefficient (Wildman–Crippen LogP) is 3.35. The van der Waals surface area contributed by atoms with E-state index in [2.05, 4.69) is 15.3 Å². The van der Waals surface area contributed by atoms with Gasteiger partial charge in [0.15, 0.2) is 0 Å². The van der Waals surface area contributed by atoms with Crippen molar-refractivity contribution in [2.24, 2.45) is 0 Å². The molecule has 5 nitrogen and oxygen atoms in total. The number of benzene rings is 1. The minimum absolute atomic E-state index is 0.0759. The number of ether oxygens (including phenoxy) is 1. The number of methoxy groups -OCH3 is 1. The zero-order chi connectivity index (χ0) is 14.7. The van der Waals surface area contributed by atoms with Crippen molar-refractivity contribution in [2.45, 2.75) is 6.92 Å². The molecule has 0 spiro atoms. The second-order valence-corrected chi connectivity index (χ2v) is 4.77. The Bertz CT molecular complexity index is 662. The number of aryl methyl sites for hydroxylation is 1. The summed E-state index contributed by atoms with van der Waals surface area (Å²) in [6.45, 7) is 1.82. The number of halogens is 2. The molecular formula is C13H11Cl2N3O2. The molecule has 0 aliphatic carbocycles. The van der Waals surface area contributed by atoms with Crippen LogP contribution in [0, 0.1) is 6.92 Å². The van der Waals surface area contributed by atoms with E-state index in [9.17, 15) is 4.79 Å². The number of carbonyl (C=O) groups is 1. The monoisotopic (exact) mass is 311 g/mol. The number of amides is 1. The van der Waals surface area contributed by atoms with Crippen LogP contribution in [0.3, 0.4) is 0 Å². The van der Waals surface area contributed by atoms with Crippen molar-refractivity contribution in [3.63, 3.8) is 0 Å². The first-order valence-corrected chi connectivity index (χ1v) is 6.41. The number of rotatable bonds is 3. The van der Waals surface area contributed by atoms with Gasteiger partial charge in [-0.1, -0.05) is 23.2 Å². The van der Waals surface area contributed by atoms with Gasteiger partial charge in [0.05, 0.1) is 7.11 Å². The van der Waals surface area contributed by atoms with E-state index in [4.69, 9.17) is 27.9 Å². The lowest BCUT2D eigenvalue weighted by atomic mass is 10.1. The first-order valence-electron chi connectivity index (χ1n) is 5.65. The van der Waals surface area contributed by atoms with Crippen LogP contribution in [0.15, 0.2) is 24.3 Å². The fourth-order valence-corrected chi connectivity index (χ4v) is 1.81. The van der Waals surface area contributed by atoms with Crippen LogP contribution in [0.1, 0.15) is 15.9 Å². The van der Waals surface area contributed by atoms with Gasteiger partial charge >= 0.3 is 0 Å². The first-order chi connectivity index (χ1) is 9.49. The van der Waals surface area contributed by atoms with Crippen molar-refractivity contribution in [3.05, 3.63) is 45.6 Å². The molecule has 0 aliphatic rings. The fourth-order valence-electron chi connectivity index (χ4n) is 1.52. The van der Waals surface area contributed by atoms with Crippen molar-refractivity contribution >= 4 is 35.1 Å². The minimum atomic E-state index is -0.353. The number of anilines is 1. The average molecular weight is 312 g/mol. The number of carbonyl (C=O) groups excluding carboxylic acids is 1. The fraction of sp³-hybridized carbons (Fsp3) is 0.154. The Labute approximate surface area is 125 Å². The Morgan fingerprint density at radius 3 is 2.65 bits per heavy atom. The summed E-state index contributed by atoms with van der Waals surface area (Å²) >= 11 is 11.7. The van der Waals surface area contributed by atoms with Gasteiger partial charge < -0.3 is 4.74 Å². The largest absolute Gasteiger partial charge is 0.481 e. The summed E-state index contributed by atoms with van der Waals surface area (Å²) in [5.41, 5.74) is 1.26. The molecule has 20 heavy (non-hydrogen) atoms. The first kappa shape index (κ1) is 14.6. The van der Waals surface area contributed by atoms with E-state index in [0.29, 0.717) is 10.6 Å². The van der Waals surface area contributed by atoms with Crippen LogP contribution in [0.4, 0.5) is 5.95 Å². The highest BCUT2D eigenvalue weighted by Gasteiger charge is 2.11. The topological polar surface area (TPSA) is 64.1 Å². The van der Waals surface area contributed by atoms with Gasteiger partial charge in [0, 0.05) is 16.7 Å². The summed E-state index contributed by atoms with van der Waals surface area (Å²) < 4.78 is 4.95. The number of aromatic nitrogens is 2. The standard InChI is InChI=1S/C13H11Cl2N3O2/c1-7-5-8(3-4-9(7)14)12(19)18-13-16-10(15)6-11(17-13)20-2/h3-6H,1-2H3,(H,16,17,18,19). The zero-order valence-corrected chi connectivity index (χ0v) is 12.3. The van der Waals surface area contributed by atoms with Gasteiger partial charge in [0.1, 0.15) is 5.15 Å². The molecule has 0 unspecified atom stereocenters. The number of hydrogen-bond acceptors (Lipinski definition) is 4. The maximum Gasteiger partial charge on any atom is 0.258 e. The van der Waals surface area contributed by atoms with Crippen molar-refractivity contribution in [1.82, 2.24) is 9.97 Å². The van der Waals surface area contributed by atoms with E-state index < -0.39 is 0 Å². The smallest absolute Gasteiger partial charge is 0.258 e. The number of nitrogens with zero attached hydrogens (tertiary/aromatic N) is 2. The van der Waals surface area contributed by atoms with Crippen LogP contribution in [0.5, 0.6) is 5.88 Å². The lowest BCUT2D eigenvalue weighted by Gasteiger charge is -2.07. The molecule has 0 fully saturated rings. The zero-order valence-electron chi connectivity index (χ0n) is 10.8. The number of hydrogen-bond donors (Lipinski definition) is 1. The second-order valence-electron chi connectivity index (χ2n) is 3.97. The quantitative estimate of drug-likeness (QED) is 0.883. The number of nitrogens with one attached hydrogen (secondary N) is 1. The van der Waals surface area contributed by atoms with Crippen LogP contribution in [0.25, 0.3) is 0 Å². The third kappa shape index (κ3) is 3.37. The molecule has 1 amide bonds. The van der Waals surface area contributed by atoms with Gasteiger partial charge in [0.25, 0.3) is 5.91 Å². The van der Waals surface area contributed by atoms with Gasteiger partial charge in [-0.15, -0.1) is 0 Å². The Morgan fingerprint density at radius 1 is 1.25 bits per heavy atom. The Balaban J connectivity index is 2.23. The minimum Gasteiger partial charge on any atom is -0.481 e. The van der Waals surface area contributed by atoms with Crippen molar-refractivity contribution < 1.29 is 9.53 Å². The average Bonchev–Trinajstić information content (AvgIpc) is 2.41. The lowest BCUT2D eigenvalue weighted by Crippen LogP contribution is -2.14. The molecule has 1 N–H and O–H groups in total. The second kappa shape index (κ2) is 6.07. The molecule has 0 bridgehead atoms. The van der Waals surface area contributed by atoms with Crippen molar-refractivity contribution in [1.29, 1.82) is 0 Å². The van der Waals surface area contributed by atoms with Crippen LogP contribution in [-0.2, 0) is 0 Å². The van der Waals surface area contributed by atoms with Gasteiger partial charge in [-0.25, -0.2) is 4.98 Å². The molecule has 0 radical (unpaired) electrons. The molecule has 7 heteroatoms. The predicted molar refractivity (Wildman–Crippen MR) is 77.7 cm³/mol. The van der Waals surface area contributed by atoms with Gasteiger partial charge in [-0.05, 0) is 30.7 Å². The van der Waals surface area contributed by atoms with E-state index in [1.807, 2.05) is 6.92 Å². The molecule has 0 atom stereocenters. The van der Waals surface area contributed by atoms with E-state index in [1.165, 1.54) is 13.2 Å². The summed E-state index contributed by atoms with van der Waals surface area (Å²) in [4.78, 5) is 20.0. The van der Waals surface area contributed by atoms with Crippen LogP contribution in [-0.4, -0.2) is 23.0 Å². The van der Waals surface area contributed by atoms with Crippen LogP contribution < -0.4 is 10.1 Å². The highest BCUT2D eigenvalue weighted by Crippen LogP contribution is 2.18. The third-order valence-electron chi connectivity index (χ3n) is 2.53. The Kier molecular flexibility index (Phi) is 4.42. The highest BCUT2D eigenvalue weighted by molar-refractivity contribution is 6.31. The molecule has 2 aromatic rings. The van der Waals surface area contributed by atoms with Crippen LogP contribution in [0.2, 0.25) is 10.2 Å². The van der Waals surface area contributed by atoms with E-state index in [0.717, 1.165) is 5.56 Å². The van der Waals surface area contributed by atoms with E-state index in [1.54, 1.807) is 18.2 Å². The van der Waals surface area contributed by atoms with Crippen molar-refractivity contribution in [2.75, 3.05) is 12.4 Å². The maximum absolute atomic E-state index is 12.1. The molecule has 2 rings (SSSR count). The van der Waals surface area contributed by atoms with Crippen molar-refractivity contribution in [3.8, 4) is 5.88 Å². The molecule has 1 heterocycles. The SMILES string of the molecule is COc1cc(Cl)nc(NC(=O)c2ccc(Cl)c(C)c2)n1. The summed E-state index contributed by atoms with van der Waals surface area (Å²) in [5, 5.41) is 3.33. The molecule has 0 saturated heterocycles. The lowest BCUT2D eigenvalue weighted by molar-refractivity contribution is 0.102. The molecule has 0 aliphatic heterocycles. The van der Waals surface area contributed by atoms with Gasteiger partial charge in [-0.2, -0.15) is 4.98 Å². The molecule has 0 saturated carbocycles.